The van der Waals surface area contributed by atoms with Gasteiger partial charge in [-0.25, -0.2) is 4.39 Å². The maximum Gasteiger partial charge on any atom is 0.255 e. The van der Waals surface area contributed by atoms with Crippen LogP contribution in [-0.2, 0) is 13.0 Å². The Kier molecular flexibility index (Phi) is 4.93. The Morgan fingerprint density at radius 3 is 2.81 bits per heavy atom. The lowest BCUT2D eigenvalue weighted by Gasteiger charge is -2.28. The molecule has 8 nitrogen and oxygen atoms in total. The molecule has 4 aromatic rings. The van der Waals surface area contributed by atoms with E-state index in [2.05, 4.69) is 15.3 Å². The molecule has 0 radical (unpaired) electrons. The zero-order chi connectivity index (χ0) is 22.2. The van der Waals surface area contributed by atoms with Crippen molar-refractivity contribution in [1.29, 1.82) is 0 Å². The average Bonchev–Trinajstić information content (AvgIpc) is 3.21. The van der Waals surface area contributed by atoms with Crippen LogP contribution in [0.15, 0.2) is 48.7 Å². The second-order valence-electron chi connectivity index (χ2n) is 7.85. The third kappa shape index (κ3) is 3.51. The summed E-state index contributed by atoms with van der Waals surface area (Å²) in [7, 11) is 1.99. The Bertz CT molecular complexity index is 1320. The highest BCUT2D eigenvalue weighted by molar-refractivity contribution is 6.05. The van der Waals surface area contributed by atoms with Crippen LogP contribution in [0.5, 0.6) is 0 Å². The van der Waals surface area contributed by atoms with Crippen LogP contribution < -0.4 is 16.0 Å². The average molecular weight is 431 g/mol. The summed E-state index contributed by atoms with van der Waals surface area (Å²) >= 11 is 0. The van der Waals surface area contributed by atoms with E-state index in [1.54, 1.807) is 0 Å². The minimum Gasteiger partial charge on any atom is -0.366 e. The molecule has 0 bridgehead atoms. The lowest BCUT2D eigenvalue weighted by molar-refractivity contribution is 0.100. The summed E-state index contributed by atoms with van der Waals surface area (Å²) in [6.45, 7) is 1.48. The van der Waals surface area contributed by atoms with E-state index < -0.39 is 11.7 Å². The lowest BCUT2D eigenvalue weighted by Crippen LogP contribution is -2.28. The number of carbonyl (C=O) groups is 1. The quantitative estimate of drug-likeness (QED) is 0.504. The van der Waals surface area contributed by atoms with Gasteiger partial charge in [-0.1, -0.05) is 30.3 Å². The Labute approximate surface area is 183 Å². The van der Waals surface area contributed by atoms with Gasteiger partial charge in [-0.15, -0.1) is 0 Å². The number of nitrogens with one attached hydrogen (secondary N) is 1. The fraction of sp³-hybridized carbons (Fsp3) is 0.217. The minimum absolute atomic E-state index is 0.0729. The number of primary amides is 1. The van der Waals surface area contributed by atoms with E-state index in [1.807, 2.05) is 37.4 Å². The van der Waals surface area contributed by atoms with Gasteiger partial charge in [-0.2, -0.15) is 19.7 Å². The van der Waals surface area contributed by atoms with Crippen molar-refractivity contribution in [2.75, 3.05) is 23.8 Å². The monoisotopic (exact) mass is 431 g/mol. The molecule has 2 aromatic carbocycles. The summed E-state index contributed by atoms with van der Waals surface area (Å²) in [5.74, 6) is 0.530. The molecule has 1 amide bonds. The van der Waals surface area contributed by atoms with Gasteiger partial charge in [-0.05, 0) is 24.5 Å². The molecular formula is C23H22FN7O. The summed E-state index contributed by atoms with van der Waals surface area (Å²) < 4.78 is 15.7. The second kappa shape index (κ2) is 7.92. The Balaban J connectivity index is 1.63. The van der Waals surface area contributed by atoms with Gasteiger partial charge in [0.2, 0.25) is 5.91 Å². The van der Waals surface area contributed by atoms with Crippen molar-refractivity contribution >= 4 is 28.4 Å². The van der Waals surface area contributed by atoms with E-state index in [1.165, 1.54) is 16.9 Å². The molecule has 3 heterocycles. The first-order chi connectivity index (χ1) is 15.5. The fourth-order valence-corrected chi connectivity index (χ4v) is 4.08. The summed E-state index contributed by atoms with van der Waals surface area (Å²) in [5.41, 5.74) is 8.06. The molecule has 0 atom stereocenters. The van der Waals surface area contributed by atoms with Gasteiger partial charge < -0.3 is 16.0 Å². The predicted molar refractivity (Wildman–Crippen MR) is 120 cm³/mol. The standard InChI is InChI=1S/C23H22FN7O/c1-30-9-5-8-16-21(26-12-14-6-3-2-4-7-14)28-23(29-22(16)30)31-19-11-15(24)10-17(20(25)32)18(19)13-27-31/h2-4,6-7,10-11,13H,5,8-9,12H2,1H3,(H2,25,32)(H,26,28,29). The number of benzene rings is 2. The molecule has 1 aliphatic heterocycles. The van der Waals surface area contributed by atoms with Gasteiger partial charge in [0.1, 0.15) is 17.5 Å². The highest BCUT2D eigenvalue weighted by Crippen LogP contribution is 2.31. The molecule has 3 N–H and O–H groups in total. The minimum atomic E-state index is -0.717. The normalized spacial score (nSPS) is 13.2. The van der Waals surface area contributed by atoms with E-state index in [4.69, 9.17) is 15.7 Å². The molecule has 32 heavy (non-hydrogen) atoms. The van der Waals surface area contributed by atoms with Crippen molar-refractivity contribution < 1.29 is 9.18 Å². The number of nitrogens with zero attached hydrogens (tertiary/aromatic N) is 5. The molecule has 9 heteroatoms. The van der Waals surface area contributed by atoms with E-state index in [0.29, 0.717) is 23.4 Å². The number of nitrogens with two attached hydrogens (primary N) is 1. The number of aromatic nitrogens is 4. The molecule has 0 saturated heterocycles. The smallest absolute Gasteiger partial charge is 0.255 e. The Hall–Kier alpha value is -4.01. The molecule has 0 unspecified atom stereocenters. The topological polar surface area (TPSA) is 102 Å². The molecule has 1 aliphatic rings. The van der Waals surface area contributed by atoms with E-state index in [-0.39, 0.29) is 5.56 Å². The fourth-order valence-electron chi connectivity index (χ4n) is 4.08. The van der Waals surface area contributed by atoms with E-state index in [9.17, 15) is 9.18 Å². The highest BCUT2D eigenvalue weighted by Gasteiger charge is 2.23. The number of anilines is 2. The van der Waals surface area contributed by atoms with Gasteiger partial charge in [-0.3, -0.25) is 4.79 Å². The van der Waals surface area contributed by atoms with Gasteiger partial charge in [0.25, 0.3) is 5.95 Å². The largest absolute Gasteiger partial charge is 0.366 e. The summed E-state index contributed by atoms with van der Waals surface area (Å²) in [6.07, 6.45) is 3.35. The van der Waals surface area contributed by atoms with Crippen LogP contribution in [0.25, 0.3) is 16.9 Å². The molecule has 5 rings (SSSR count). The van der Waals surface area contributed by atoms with Crippen LogP contribution in [0.3, 0.4) is 0 Å². The first kappa shape index (κ1) is 19.9. The van der Waals surface area contributed by atoms with Crippen LogP contribution in [0, 0.1) is 5.82 Å². The number of carbonyl (C=O) groups excluding carboxylic acids is 1. The van der Waals surface area contributed by atoms with Crippen LogP contribution in [0.2, 0.25) is 0 Å². The SMILES string of the molecule is CN1CCCc2c(NCc3ccccc3)nc(-n3ncc4c(C(N)=O)cc(F)cc43)nc21. The van der Waals surface area contributed by atoms with Gasteiger partial charge in [0.05, 0.1) is 17.3 Å². The van der Waals surface area contributed by atoms with Crippen LogP contribution >= 0.6 is 0 Å². The molecule has 0 fully saturated rings. The van der Waals surface area contributed by atoms with Gasteiger partial charge >= 0.3 is 0 Å². The van der Waals surface area contributed by atoms with Crippen molar-refractivity contribution in [1.82, 2.24) is 19.7 Å². The number of halogens is 1. The van der Waals surface area contributed by atoms with Crippen molar-refractivity contribution in [2.24, 2.45) is 5.73 Å². The molecule has 162 valence electrons. The molecular weight excluding hydrogens is 409 g/mol. The third-order valence-corrected chi connectivity index (χ3v) is 5.67. The lowest BCUT2D eigenvalue weighted by atomic mass is 10.1. The van der Waals surface area contributed by atoms with Crippen LogP contribution in [0.1, 0.15) is 27.9 Å². The van der Waals surface area contributed by atoms with Crippen molar-refractivity contribution in [3.63, 3.8) is 0 Å². The predicted octanol–water partition coefficient (Wildman–Crippen LogP) is 3.05. The summed E-state index contributed by atoms with van der Waals surface area (Å²) in [6, 6.07) is 12.5. The number of hydrogen-bond donors (Lipinski definition) is 2. The Morgan fingerprint density at radius 2 is 2.03 bits per heavy atom. The number of hydrogen-bond acceptors (Lipinski definition) is 6. The Morgan fingerprint density at radius 1 is 1.22 bits per heavy atom. The molecule has 0 aliphatic carbocycles. The van der Waals surface area contributed by atoms with Crippen molar-refractivity contribution in [3.8, 4) is 5.95 Å². The number of rotatable bonds is 5. The number of fused-ring (bicyclic) bond motifs is 2. The maximum atomic E-state index is 14.2. The zero-order valence-corrected chi connectivity index (χ0v) is 17.5. The summed E-state index contributed by atoms with van der Waals surface area (Å²) in [4.78, 5) is 23.4. The first-order valence-electron chi connectivity index (χ1n) is 10.4. The van der Waals surface area contributed by atoms with Crippen LogP contribution in [0.4, 0.5) is 16.0 Å². The van der Waals surface area contributed by atoms with Crippen molar-refractivity contribution in [2.45, 2.75) is 19.4 Å². The van der Waals surface area contributed by atoms with Gasteiger partial charge in [0, 0.05) is 37.2 Å². The molecule has 0 spiro atoms. The first-order valence-corrected chi connectivity index (χ1v) is 10.4. The third-order valence-electron chi connectivity index (χ3n) is 5.67. The zero-order valence-electron chi connectivity index (χ0n) is 17.5. The second-order valence-corrected chi connectivity index (χ2v) is 7.85. The number of amides is 1. The molecule has 2 aromatic heterocycles. The molecule has 0 saturated carbocycles. The highest BCUT2D eigenvalue weighted by atomic mass is 19.1. The summed E-state index contributed by atoms with van der Waals surface area (Å²) in [5, 5.41) is 8.24. The van der Waals surface area contributed by atoms with E-state index >= 15 is 0 Å². The van der Waals surface area contributed by atoms with E-state index in [0.717, 1.165) is 48.2 Å². The van der Waals surface area contributed by atoms with Gasteiger partial charge in [0.15, 0.2) is 0 Å². The van der Waals surface area contributed by atoms with Crippen LogP contribution in [-0.4, -0.2) is 39.2 Å². The van der Waals surface area contributed by atoms with Crippen molar-refractivity contribution in [3.05, 3.63) is 71.2 Å². The maximum absolute atomic E-state index is 14.2.